The second kappa shape index (κ2) is 8.74. The molecule has 8 nitrogen and oxygen atoms in total. The number of hydrogen-bond donors (Lipinski definition) is 2. The Morgan fingerprint density at radius 2 is 1.97 bits per heavy atom. The number of para-hydroxylation sites is 2. The minimum Gasteiger partial charge on any atom is -0.434 e. The minimum atomic E-state index is -3.10. The maximum atomic E-state index is 13.5. The molecule has 0 aliphatic carbocycles. The van der Waals surface area contributed by atoms with Crippen LogP contribution in [0.1, 0.15) is 52.9 Å². The van der Waals surface area contributed by atoms with Crippen LogP contribution in [0.2, 0.25) is 0 Å². The number of pyridine rings is 1. The maximum absolute atomic E-state index is 13.5. The van der Waals surface area contributed by atoms with E-state index in [0.29, 0.717) is 29.1 Å². The number of ether oxygens (including phenoxy) is 1. The summed E-state index contributed by atoms with van der Waals surface area (Å²) in [6.45, 7) is -1.72. The molecule has 0 fully saturated rings. The first-order chi connectivity index (χ1) is 17.8. The summed E-state index contributed by atoms with van der Waals surface area (Å²) in [5, 5.41) is 12.7. The van der Waals surface area contributed by atoms with Gasteiger partial charge in [0.1, 0.15) is 17.7 Å². The third-order valence-corrected chi connectivity index (χ3v) is 6.90. The van der Waals surface area contributed by atoms with Crippen LogP contribution in [0.15, 0.2) is 54.6 Å². The number of alkyl halides is 2. The van der Waals surface area contributed by atoms with E-state index >= 15 is 0 Å². The highest BCUT2D eigenvalue weighted by atomic mass is 19.3. The van der Waals surface area contributed by atoms with Crippen molar-refractivity contribution in [1.29, 1.82) is 0 Å². The number of imidazole rings is 1. The lowest BCUT2D eigenvalue weighted by Crippen LogP contribution is -2.28. The van der Waals surface area contributed by atoms with Crippen LogP contribution in [-0.4, -0.2) is 44.0 Å². The normalized spacial score (nSPS) is 18.8. The van der Waals surface area contributed by atoms with Crippen LogP contribution in [0.3, 0.4) is 0 Å². The third-order valence-electron chi connectivity index (χ3n) is 6.90. The van der Waals surface area contributed by atoms with E-state index in [0.717, 1.165) is 11.0 Å². The number of benzene rings is 2. The van der Waals surface area contributed by atoms with Crippen LogP contribution in [0.4, 0.5) is 8.78 Å². The summed E-state index contributed by atoms with van der Waals surface area (Å²) in [5.74, 6) is -0.191. The molecule has 2 aromatic carbocycles. The molecular formula is C27H22F2N4O4. The lowest BCUT2D eigenvalue weighted by atomic mass is 9.90. The molecule has 2 N–H and O–H groups in total. The molecule has 3 unspecified atom stereocenters. The Kier molecular flexibility index (Phi) is 5.49. The summed E-state index contributed by atoms with van der Waals surface area (Å²) < 4.78 is 34.0. The van der Waals surface area contributed by atoms with Gasteiger partial charge in [-0.2, -0.15) is 8.78 Å². The summed E-state index contributed by atoms with van der Waals surface area (Å²) in [6, 6.07) is 14.6. The van der Waals surface area contributed by atoms with Crippen LogP contribution in [0, 0.1) is 0 Å². The Balaban J connectivity index is 1.60. The molecule has 10 heteroatoms. The van der Waals surface area contributed by atoms with Gasteiger partial charge in [-0.25, -0.2) is 4.98 Å². The fourth-order valence-electron chi connectivity index (χ4n) is 5.32. The molecule has 4 aromatic rings. The van der Waals surface area contributed by atoms with E-state index in [1.165, 1.54) is 19.1 Å². The number of nitrogens with zero attached hydrogens (tertiary/aromatic N) is 3. The summed E-state index contributed by atoms with van der Waals surface area (Å²) in [5.41, 5.74) is 3.38. The molecule has 2 aliphatic heterocycles. The number of carbonyl (C=O) groups excluding carboxylic acids is 2. The van der Waals surface area contributed by atoms with E-state index in [-0.39, 0.29) is 35.4 Å². The van der Waals surface area contributed by atoms with Gasteiger partial charge in [0.15, 0.2) is 5.78 Å². The quantitative estimate of drug-likeness (QED) is 0.412. The highest BCUT2D eigenvalue weighted by Gasteiger charge is 2.42. The number of carbonyl (C=O) groups is 2. The molecule has 2 aromatic heterocycles. The molecule has 3 atom stereocenters. The largest absolute Gasteiger partial charge is 0.434 e. The predicted molar refractivity (Wildman–Crippen MR) is 129 cm³/mol. The number of nitrogens with one attached hydrogen (secondary N) is 1. The van der Waals surface area contributed by atoms with Crippen molar-refractivity contribution in [3.8, 4) is 17.0 Å². The Labute approximate surface area is 209 Å². The number of aliphatic hydroxyl groups is 1. The van der Waals surface area contributed by atoms with Crippen LogP contribution >= 0.6 is 0 Å². The van der Waals surface area contributed by atoms with Crippen LogP contribution in [0.25, 0.3) is 22.3 Å². The Bertz CT molecular complexity index is 1570. The van der Waals surface area contributed by atoms with Gasteiger partial charge < -0.3 is 19.7 Å². The molecule has 0 saturated heterocycles. The summed E-state index contributed by atoms with van der Waals surface area (Å²) in [6.07, 6.45) is -0.811. The van der Waals surface area contributed by atoms with Gasteiger partial charge >= 0.3 is 6.61 Å². The number of rotatable bonds is 6. The summed E-state index contributed by atoms with van der Waals surface area (Å²) >= 11 is 0. The number of ketones is 1. The zero-order valence-corrected chi connectivity index (χ0v) is 19.7. The highest BCUT2D eigenvalue weighted by molar-refractivity contribution is 6.00. The van der Waals surface area contributed by atoms with Gasteiger partial charge in [-0.1, -0.05) is 18.2 Å². The van der Waals surface area contributed by atoms with Crippen molar-refractivity contribution < 1.29 is 28.2 Å². The first kappa shape index (κ1) is 23.2. The van der Waals surface area contributed by atoms with E-state index in [2.05, 4.69) is 10.3 Å². The lowest BCUT2D eigenvalue weighted by Gasteiger charge is -2.23. The van der Waals surface area contributed by atoms with Gasteiger partial charge in [-0.15, -0.1) is 0 Å². The van der Waals surface area contributed by atoms with Gasteiger partial charge in [0, 0.05) is 22.4 Å². The number of aromatic nitrogens is 3. The maximum Gasteiger partial charge on any atom is 0.387 e. The minimum absolute atomic E-state index is 0.121. The zero-order chi connectivity index (χ0) is 25.8. The Morgan fingerprint density at radius 1 is 1.16 bits per heavy atom. The van der Waals surface area contributed by atoms with Gasteiger partial charge in [0.25, 0.3) is 5.91 Å². The zero-order valence-electron chi connectivity index (χ0n) is 19.7. The fraction of sp³-hybridized carbons (Fsp3) is 0.259. The van der Waals surface area contributed by atoms with Crippen molar-refractivity contribution in [2.45, 2.75) is 44.6 Å². The molecule has 188 valence electrons. The van der Waals surface area contributed by atoms with Crippen molar-refractivity contribution in [3.63, 3.8) is 0 Å². The second-order valence-corrected chi connectivity index (χ2v) is 9.22. The number of amides is 1. The predicted octanol–water partition coefficient (Wildman–Crippen LogP) is 3.97. The van der Waals surface area contributed by atoms with Crippen LogP contribution in [-0.2, 0) is 11.2 Å². The van der Waals surface area contributed by atoms with Crippen molar-refractivity contribution in [2.75, 3.05) is 0 Å². The van der Waals surface area contributed by atoms with Crippen LogP contribution < -0.4 is 10.1 Å². The molecule has 2 bridgehead atoms. The number of aliphatic hydroxyl groups excluding tert-OH is 1. The molecule has 6 rings (SSSR count). The Morgan fingerprint density at radius 3 is 2.76 bits per heavy atom. The average molecular weight is 504 g/mol. The number of halogens is 2. The molecule has 4 heterocycles. The highest BCUT2D eigenvalue weighted by Crippen LogP contribution is 2.49. The smallest absolute Gasteiger partial charge is 0.387 e. The molecule has 0 spiro atoms. The molecule has 1 amide bonds. The Hall–Kier alpha value is -4.18. The van der Waals surface area contributed by atoms with Crippen molar-refractivity contribution in [2.24, 2.45) is 0 Å². The van der Waals surface area contributed by atoms with E-state index in [1.54, 1.807) is 18.2 Å². The van der Waals surface area contributed by atoms with E-state index in [9.17, 15) is 23.5 Å². The van der Waals surface area contributed by atoms with Crippen LogP contribution in [0.5, 0.6) is 5.75 Å². The van der Waals surface area contributed by atoms with Crippen molar-refractivity contribution in [3.05, 3.63) is 77.2 Å². The van der Waals surface area contributed by atoms with E-state index in [4.69, 9.17) is 9.72 Å². The standard InChI is InChI=1S/C27H22F2N4O4/c1-13(34)21(35)11-14-5-4-7-17(30-14)24-22(37-27(28)29)10-9-15-23(24)20-12-18(32-26(15)36)25-31-16-6-2-3-8-19(16)33(20)25/h2-10,13,18,20,27,34H,11-12H2,1H3,(H,32,36). The number of hydrogen-bond acceptors (Lipinski definition) is 6. The first-order valence-corrected chi connectivity index (χ1v) is 11.9. The third kappa shape index (κ3) is 3.84. The first-order valence-electron chi connectivity index (χ1n) is 11.9. The molecule has 0 radical (unpaired) electrons. The van der Waals surface area contributed by atoms with Gasteiger partial charge in [-0.05, 0) is 49.7 Å². The molecule has 2 aliphatic rings. The number of Topliss-reactive ketones (excluding diaryl/α,β-unsaturated/α-hetero) is 1. The second-order valence-electron chi connectivity index (χ2n) is 9.22. The van der Waals surface area contributed by atoms with E-state index < -0.39 is 24.5 Å². The van der Waals surface area contributed by atoms with Crippen molar-refractivity contribution in [1.82, 2.24) is 19.9 Å². The molecular weight excluding hydrogens is 482 g/mol. The molecule has 0 saturated carbocycles. The molecule has 37 heavy (non-hydrogen) atoms. The monoisotopic (exact) mass is 504 g/mol. The fourth-order valence-corrected chi connectivity index (χ4v) is 5.32. The van der Waals surface area contributed by atoms with Gasteiger partial charge in [-0.3, -0.25) is 14.6 Å². The average Bonchev–Trinajstić information content (AvgIpc) is 3.36. The topological polar surface area (TPSA) is 106 Å². The van der Waals surface area contributed by atoms with E-state index in [1.807, 2.05) is 28.8 Å². The van der Waals surface area contributed by atoms with Gasteiger partial charge in [0.05, 0.1) is 35.2 Å². The SMILES string of the molecule is CC(O)C(=O)Cc1cccc(-c2c(OC(F)F)ccc3c2C2CC(NC3=O)c3nc4ccccc4n32)n1. The number of fused-ring (bicyclic) bond motifs is 9. The van der Waals surface area contributed by atoms with Crippen molar-refractivity contribution >= 4 is 22.7 Å². The lowest BCUT2D eigenvalue weighted by molar-refractivity contribution is -0.125. The summed E-state index contributed by atoms with van der Waals surface area (Å²) in [4.78, 5) is 34.8. The summed E-state index contributed by atoms with van der Waals surface area (Å²) in [7, 11) is 0. The van der Waals surface area contributed by atoms with Gasteiger partial charge in [0.2, 0.25) is 0 Å².